The number of carbonyl (C=O) groups excluding carboxylic acids is 7. The molecule has 134 heavy (non-hydrogen) atoms. The van der Waals surface area contributed by atoms with Gasteiger partial charge in [-0.1, -0.05) is 17.0 Å². The number of carboxylic acids is 2. The highest BCUT2D eigenvalue weighted by atomic mass is 35.5. The van der Waals surface area contributed by atoms with Crippen LogP contribution in [0.3, 0.4) is 0 Å². The number of esters is 3. The standard InChI is InChI=1S/C21H27N7O2.C15H15N7O2.C11H14ClN3O2.C9H10ClN3O2.C7H7ClN2O3.C7H8N2O4.C5H3ClN2O3.C5H4N2O4/c1-14(29)27-9-11-28(12-10-27)17-7-5-16(6-8-17)25-21-23-13-18(19(22)30)20(26-21)24-15-3-2-4-15;16-13(23)10-8-17-15(19-14(10)18-9-4-3-5-9)24-22-12-7-2-1-6-11(12)20-21-22;1-2-17-10(16)8-6-13-11(12)15-9(8)14-7-4-3-5-7;10-9-11-4-6(8(14)15)7(13-9)12-5-2-1-3-5;1-2-13-6(12)4-3-9-7(8)10-5(4)11;1-2-13-6(11)4-3-8-7(12)9-5(4)10;6-3(9)2-1-7-5(11)8-4(2)10;8-3-2(4(9)10)1-6-5(11)7-3/h5-8,13,15H,2-4,9-12H2,1H3,(H2,22,30)(H2,23,24,25,26);1-2,6-9H,3-5H2,(H2,16,23)(H,17,18,19);6-7H,2-5H2,1H3,(H,13,14,15);4-5H,1-3H2,(H,14,15)(H,11,12,13);3H,2H2,1H3,(H,9,10,11);3H,2H2,1H3,(H2,8,9,10,12);1H,(H2,7,8,10,11);1H,(H,9,10)(H2,6,7,8,11). The molecule has 16 rings (SSSR count). The molecule has 0 atom stereocenters. The van der Waals surface area contributed by atoms with Crippen molar-refractivity contribution in [1.29, 1.82) is 0 Å². The number of aromatic carboxylic acids is 2. The number of nitrogens with two attached hydrogens (primary N) is 2. The van der Waals surface area contributed by atoms with E-state index in [1.54, 1.807) is 32.7 Å². The highest BCUT2D eigenvalue weighted by Gasteiger charge is 2.28. The minimum Gasteiger partial charge on any atom is -0.477 e. The van der Waals surface area contributed by atoms with Crippen molar-refractivity contribution in [3.05, 3.63) is 231 Å². The zero-order chi connectivity index (χ0) is 97.2. The molecular formula is C80H88Cl4N28O22. The van der Waals surface area contributed by atoms with Crippen LogP contribution >= 0.6 is 46.4 Å². The number of rotatable bonds is 24. The van der Waals surface area contributed by atoms with Gasteiger partial charge < -0.3 is 92.1 Å². The number of piperazine rings is 1. The van der Waals surface area contributed by atoms with E-state index in [1.165, 1.54) is 48.9 Å². The third-order valence-corrected chi connectivity index (χ3v) is 20.2. The van der Waals surface area contributed by atoms with Crippen molar-refractivity contribution in [3.63, 3.8) is 0 Å². The number of hydrogen-bond donors (Lipinski definition) is 16. The van der Waals surface area contributed by atoms with Crippen molar-refractivity contribution in [3.8, 4) is 6.01 Å². The number of para-hydroxylation sites is 1. The van der Waals surface area contributed by atoms with Crippen molar-refractivity contribution < 1.29 is 72.4 Å². The number of amides is 3. The van der Waals surface area contributed by atoms with Gasteiger partial charge in [-0.25, -0.2) is 63.3 Å². The van der Waals surface area contributed by atoms with Crippen LogP contribution in [0, 0.1) is 0 Å². The average molecular weight is 1940 g/mol. The molecule has 0 radical (unpaired) electrons. The molecule has 9 aromatic heterocycles. The first kappa shape index (κ1) is 102. The van der Waals surface area contributed by atoms with Crippen LogP contribution in [-0.2, 0) is 19.0 Å². The maximum absolute atomic E-state index is 11.7. The minimum absolute atomic E-state index is 0.0532. The summed E-state index contributed by atoms with van der Waals surface area (Å²) in [7, 11) is 0. The average Bonchev–Trinajstić information content (AvgIpc) is 1.77. The fourth-order valence-corrected chi connectivity index (χ4v) is 12.2. The molecule has 1 aliphatic heterocycles. The lowest BCUT2D eigenvalue weighted by Gasteiger charge is -2.35. The number of benzene rings is 2. The molecule has 3 amide bonds. The number of aromatic nitrogens is 19. The van der Waals surface area contributed by atoms with Gasteiger partial charge >= 0.3 is 52.9 Å². The van der Waals surface area contributed by atoms with Crippen LogP contribution in [0.2, 0.25) is 15.9 Å². The Labute approximate surface area is 774 Å². The van der Waals surface area contributed by atoms with Crippen LogP contribution in [0.4, 0.5) is 40.6 Å². The number of halogens is 4. The van der Waals surface area contributed by atoms with Gasteiger partial charge in [-0.15, -0.1) is 5.10 Å². The predicted molar refractivity (Wildman–Crippen MR) is 483 cm³/mol. The van der Waals surface area contributed by atoms with Crippen molar-refractivity contribution in [1.82, 2.24) is 99.8 Å². The first-order valence-corrected chi connectivity index (χ1v) is 42.3. The first-order valence-electron chi connectivity index (χ1n) is 40.8. The Hall–Kier alpha value is -15.7. The Morgan fingerprint density at radius 2 is 0.881 bits per heavy atom. The smallest absolute Gasteiger partial charge is 0.347 e. The van der Waals surface area contributed by atoms with Gasteiger partial charge in [-0.2, -0.15) is 19.9 Å². The van der Waals surface area contributed by atoms with Crippen molar-refractivity contribution in [2.24, 2.45) is 11.5 Å². The van der Waals surface area contributed by atoms with E-state index in [2.05, 4.69) is 111 Å². The van der Waals surface area contributed by atoms with Gasteiger partial charge in [-0.05, 0) is 186 Å². The maximum Gasteiger partial charge on any atom is 0.347 e. The number of nitrogens with one attached hydrogen (secondary N) is 12. The van der Waals surface area contributed by atoms with E-state index in [1.807, 2.05) is 68.4 Å². The predicted octanol–water partition coefficient (Wildman–Crippen LogP) is 5.19. The highest BCUT2D eigenvalue weighted by molar-refractivity contribution is 6.67. The molecule has 5 fully saturated rings. The number of carbonyl (C=O) groups is 9. The lowest BCUT2D eigenvalue weighted by atomic mass is 9.93. The van der Waals surface area contributed by atoms with Gasteiger partial charge in [0.1, 0.15) is 73.2 Å². The molecule has 0 unspecified atom stereocenters. The van der Waals surface area contributed by atoms with Crippen molar-refractivity contribution in [2.45, 2.75) is 129 Å². The van der Waals surface area contributed by atoms with E-state index in [0.717, 1.165) is 120 Å². The summed E-state index contributed by atoms with van der Waals surface area (Å²) in [5, 5.41) is 40.3. The molecule has 50 nitrogen and oxygen atoms in total. The third-order valence-electron chi connectivity index (χ3n) is 19.5. The second-order valence-corrected chi connectivity index (χ2v) is 30.0. The van der Waals surface area contributed by atoms with Crippen LogP contribution in [0.5, 0.6) is 6.01 Å². The van der Waals surface area contributed by atoms with Crippen molar-refractivity contribution >= 4 is 151 Å². The summed E-state index contributed by atoms with van der Waals surface area (Å²) < 4.78 is 14.1. The second kappa shape index (κ2) is 49.9. The molecule has 4 saturated carbocycles. The van der Waals surface area contributed by atoms with Gasteiger partial charge in [0.25, 0.3) is 39.3 Å². The van der Waals surface area contributed by atoms with Gasteiger partial charge in [0.15, 0.2) is 0 Å². The van der Waals surface area contributed by atoms with Crippen LogP contribution in [0.1, 0.15) is 188 Å². The van der Waals surface area contributed by atoms with Crippen LogP contribution in [-0.4, -0.2) is 233 Å². The van der Waals surface area contributed by atoms with Crippen LogP contribution in [0.15, 0.2) is 132 Å². The number of aromatic amines is 7. The Kier molecular flexibility index (Phi) is 38.0. The molecular weight excluding hydrogens is 1850 g/mol. The Balaban J connectivity index is 0.000000177. The zero-order valence-electron chi connectivity index (χ0n) is 71.5. The minimum atomic E-state index is -1.37. The molecule has 708 valence electrons. The summed E-state index contributed by atoms with van der Waals surface area (Å²) in [6, 6.07) is 16.7. The molecule has 2 aromatic carbocycles. The van der Waals surface area contributed by atoms with Crippen molar-refractivity contribution in [2.75, 3.05) is 77.5 Å². The quantitative estimate of drug-likeness (QED) is 0.0160. The second-order valence-electron chi connectivity index (χ2n) is 28.6. The molecule has 5 aliphatic rings. The topological polar surface area (TPSA) is 726 Å². The summed E-state index contributed by atoms with van der Waals surface area (Å²) in [6.45, 7) is 10.5. The number of nitrogens with zero attached hydrogens (tertiary/aromatic N) is 14. The summed E-state index contributed by atoms with van der Waals surface area (Å²) in [4.78, 5) is 235. The summed E-state index contributed by atoms with van der Waals surface area (Å²) in [5.41, 5.74) is 8.93. The summed E-state index contributed by atoms with van der Waals surface area (Å²) in [5.74, 6) is -3.26. The monoisotopic (exact) mass is 1930 g/mol. The number of anilines is 7. The molecule has 11 aromatic rings. The summed E-state index contributed by atoms with van der Waals surface area (Å²) >= 11 is 21.7. The number of hydrogen-bond acceptors (Lipinski definition) is 37. The first-order chi connectivity index (χ1) is 64.1. The lowest BCUT2D eigenvalue weighted by Crippen LogP contribution is -2.48. The normalized spacial score (nSPS) is 13.4. The van der Waals surface area contributed by atoms with Gasteiger partial charge in [0.05, 0.1) is 31.6 Å². The number of carboxylic acid groups (broad SMARTS) is 2. The third kappa shape index (κ3) is 30.4. The van der Waals surface area contributed by atoms with E-state index in [4.69, 9.17) is 77.7 Å². The number of fused-ring (bicyclic) bond motifs is 1. The fraction of sp³-hybridized carbons (Fsp3) is 0.338. The van der Waals surface area contributed by atoms with Gasteiger partial charge in [0.2, 0.25) is 27.7 Å². The molecule has 54 heteroatoms. The Morgan fingerprint density at radius 3 is 1.32 bits per heavy atom. The highest BCUT2D eigenvalue weighted by Crippen LogP contribution is 2.30. The van der Waals surface area contributed by atoms with Crippen LogP contribution in [0.25, 0.3) is 11.0 Å². The molecule has 0 bridgehead atoms. The fourth-order valence-electron chi connectivity index (χ4n) is 11.7. The molecule has 1 saturated heterocycles. The number of H-pyrrole nitrogens is 7. The molecule has 18 N–H and O–H groups in total. The maximum atomic E-state index is 11.7. The molecule has 10 heterocycles. The van der Waals surface area contributed by atoms with E-state index in [-0.39, 0.29) is 74.8 Å². The number of primary amides is 2. The summed E-state index contributed by atoms with van der Waals surface area (Å²) in [6.07, 6.45) is 22.5. The Bertz CT molecular complexity index is 6390. The van der Waals surface area contributed by atoms with Gasteiger partial charge in [-0.3, -0.25) is 58.3 Å². The Morgan fingerprint density at radius 1 is 0.470 bits per heavy atom. The molecule has 0 spiro atoms. The number of ether oxygens (including phenoxy) is 3. The van der Waals surface area contributed by atoms with E-state index < -0.39 is 91.8 Å². The lowest BCUT2D eigenvalue weighted by molar-refractivity contribution is -0.129. The van der Waals surface area contributed by atoms with Crippen LogP contribution < -0.4 is 87.1 Å². The van der Waals surface area contributed by atoms with E-state index in [9.17, 15) is 76.7 Å². The largest absolute Gasteiger partial charge is 0.477 e. The van der Waals surface area contributed by atoms with E-state index in [0.29, 0.717) is 76.1 Å². The molecule has 4 aliphatic carbocycles. The van der Waals surface area contributed by atoms with Gasteiger partial charge in [0, 0.05) is 112 Å². The SMILES string of the molecule is CC(=O)N1CCN(c2ccc(Nc3ncc(C(N)=O)c(NC4CCC4)n3)cc2)CC1.CCOC(=O)c1c[nH]c(=O)[nH]c1=O.CCOC(=O)c1cnc(Cl)[nH]c1=O.CCOC(=O)c1cnc(Cl)nc1NC1CCC1.NC(=O)c1cnc(On2nnc3ccccc32)nc1NC1CCC1.O=C(Cl)c1c[nH]c(=O)[nH]c1=O.O=C(O)c1c[nH]c(=O)[nH]c1=O.O=C(O)c1cnc(Cl)nc1NC1CCC1. The zero-order valence-corrected chi connectivity index (χ0v) is 74.5. The van der Waals surface area contributed by atoms with E-state index >= 15 is 0 Å².